The second kappa shape index (κ2) is 2.82. The summed E-state index contributed by atoms with van der Waals surface area (Å²) >= 11 is 3.15. The highest BCUT2D eigenvalue weighted by atomic mass is 79.9. The molecule has 0 amide bonds. The van der Waals surface area contributed by atoms with Gasteiger partial charge in [0.05, 0.1) is 11.6 Å². The molecule has 0 aliphatic carbocycles. The van der Waals surface area contributed by atoms with Crippen molar-refractivity contribution in [2.24, 2.45) is 0 Å². The van der Waals surface area contributed by atoms with Gasteiger partial charge >= 0.3 is 0 Å². The van der Waals surface area contributed by atoms with Crippen LogP contribution in [0.2, 0.25) is 0 Å². The molecule has 5 heteroatoms. The van der Waals surface area contributed by atoms with Crippen LogP contribution in [-0.2, 0) is 0 Å². The lowest BCUT2D eigenvalue weighted by molar-refractivity contribution is 0.636. The lowest BCUT2D eigenvalue weighted by Gasteiger charge is -1.92. The summed E-state index contributed by atoms with van der Waals surface area (Å²) in [5, 5.41) is 15.5. The molecule has 3 nitrogen and oxygen atoms in total. The van der Waals surface area contributed by atoms with E-state index >= 15 is 0 Å². The summed E-state index contributed by atoms with van der Waals surface area (Å²) in [4.78, 5) is 0. The molecule has 0 saturated heterocycles. The van der Waals surface area contributed by atoms with E-state index < -0.39 is 5.82 Å². The minimum Gasteiger partial charge on any atom is -0.274 e. The van der Waals surface area contributed by atoms with Crippen molar-refractivity contribution in [3.63, 3.8) is 0 Å². The van der Waals surface area contributed by atoms with Crippen LogP contribution in [0.5, 0.6) is 0 Å². The molecular weight excluding hydrogens is 237 g/mol. The van der Waals surface area contributed by atoms with Crippen molar-refractivity contribution in [2.45, 2.75) is 0 Å². The molecule has 0 unspecified atom stereocenters. The van der Waals surface area contributed by atoms with Gasteiger partial charge in [-0.3, -0.25) is 5.10 Å². The van der Waals surface area contributed by atoms with Gasteiger partial charge in [0.15, 0.2) is 0 Å². The summed E-state index contributed by atoms with van der Waals surface area (Å²) in [6.07, 6.45) is 0. The number of rotatable bonds is 0. The minimum atomic E-state index is -0.466. The normalized spacial score (nSPS) is 10.2. The summed E-state index contributed by atoms with van der Waals surface area (Å²) in [5.41, 5.74) is 0.595. The molecule has 1 heterocycles. The van der Waals surface area contributed by atoms with Crippen LogP contribution in [0.25, 0.3) is 10.9 Å². The van der Waals surface area contributed by atoms with Crippen molar-refractivity contribution in [3.05, 3.63) is 28.1 Å². The molecule has 13 heavy (non-hydrogen) atoms. The average Bonchev–Trinajstić information content (AvgIpc) is 2.48. The lowest BCUT2D eigenvalue weighted by atomic mass is 10.2. The Morgan fingerprint density at radius 3 is 3.00 bits per heavy atom. The third-order valence-corrected chi connectivity index (χ3v) is 2.31. The smallest absolute Gasteiger partial charge is 0.150 e. The van der Waals surface area contributed by atoms with Gasteiger partial charge in [-0.15, -0.1) is 0 Å². The summed E-state index contributed by atoms with van der Waals surface area (Å²) in [7, 11) is 0. The molecule has 0 aliphatic rings. The number of aromatic amines is 1. The zero-order valence-corrected chi connectivity index (χ0v) is 7.89. The van der Waals surface area contributed by atoms with Crippen LogP contribution < -0.4 is 0 Å². The zero-order chi connectivity index (χ0) is 9.42. The van der Waals surface area contributed by atoms with E-state index in [1.54, 1.807) is 6.07 Å². The van der Waals surface area contributed by atoms with E-state index in [0.29, 0.717) is 15.5 Å². The average molecular weight is 240 g/mol. The Labute approximate surface area is 81.3 Å². The van der Waals surface area contributed by atoms with Crippen molar-refractivity contribution in [2.75, 3.05) is 0 Å². The first kappa shape index (κ1) is 8.20. The van der Waals surface area contributed by atoms with Crippen molar-refractivity contribution in [1.29, 1.82) is 5.26 Å². The fourth-order valence-corrected chi connectivity index (χ4v) is 1.51. The Morgan fingerprint density at radius 1 is 1.54 bits per heavy atom. The van der Waals surface area contributed by atoms with E-state index in [9.17, 15) is 4.39 Å². The fourth-order valence-electron chi connectivity index (χ4n) is 1.11. The van der Waals surface area contributed by atoms with E-state index in [2.05, 4.69) is 26.1 Å². The number of nitrogens with one attached hydrogen (secondary N) is 1. The Hall–Kier alpha value is -1.41. The van der Waals surface area contributed by atoms with Gasteiger partial charge in [0.1, 0.15) is 15.9 Å². The third-order valence-electron chi connectivity index (χ3n) is 1.71. The molecule has 0 bridgehead atoms. The second-order valence-electron chi connectivity index (χ2n) is 2.51. The van der Waals surface area contributed by atoms with Crippen LogP contribution in [0.4, 0.5) is 4.39 Å². The van der Waals surface area contributed by atoms with Crippen molar-refractivity contribution < 1.29 is 4.39 Å². The van der Waals surface area contributed by atoms with Crippen LogP contribution in [0.15, 0.2) is 16.7 Å². The number of nitriles is 1. The summed E-state index contributed by atoms with van der Waals surface area (Å²) in [5.74, 6) is -0.466. The fraction of sp³-hybridized carbons (Fsp3) is 0. The first-order valence-electron chi connectivity index (χ1n) is 3.45. The van der Waals surface area contributed by atoms with Gasteiger partial charge in [-0.1, -0.05) is 0 Å². The first-order chi connectivity index (χ1) is 6.22. The molecule has 0 saturated carbocycles. The molecule has 1 N–H and O–H groups in total. The number of nitrogens with zero attached hydrogens (tertiary/aromatic N) is 2. The maximum atomic E-state index is 13.2. The Balaban J connectivity index is 2.90. The summed E-state index contributed by atoms with van der Waals surface area (Å²) in [6.45, 7) is 0. The highest BCUT2D eigenvalue weighted by molar-refractivity contribution is 9.10. The van der Waals surface area contributed by atoms with Crippen LogP contribution >= 0.6 is 15.9 Å². The Kier molecular flexibility index (Phi) is 1.78. The van der Waals surface area contributed by atoms with Crippen molar-refractivity contribution >= 4 is 26.8 Å². The first-order valence-corrected chi connectivity index (χ1v) is 4.25. The molecule has 2 rings (SSSR count). The maximum absolute atomic E-state index is 13.2. The monoisotopic (exact) mass is 239 g/mol. The zero-order valence-electron chi connectivity index (χ0n) is 6.31. The van der Waals surface area contributed by atoms with Crippen molar-refractivity contribution in [1.82, 2.24) is 10.2 Å². The molecule has 1 aromatic heterocycles. The molecule has 2 aromatic rings. The highest BCUT2D eigenvalue weighted by Crippen LogP contribution is 2.24. The van der Waals surface area contributed by atoms with Gasteiger partial charge in [-0.2, -0.15) is 10.4 Å². The molecular formula is C8H3BrFN3. The van der Waals surface area contributed by atoms with Crippen molar-refractivity contribution in [3.8, 4) is 6.07 Å². The lowest BCUT2D eigenvalue weighted by Crippen LogP contribution is -1.81. The summed E-state index contributed by atoms with van der Waals surface area (Å²) in [6, 6.07) is 4.62. The van der Waals surface area contributed by atoms with E-state index in [-0.39, 0.29) is 5.56 Å². The van der Waals surface area contributed by atoms with Gasteiger partial charge in [0.2, 0.25) is 0 Å². The predicted octanol–water partition coefficient (Wildman–Crippen LogP) is 2.34. The molecule has 64 valence electrons. The number of benzene rings is 1. The number of hydrogen-bond acceptors (Lipinski definition) is 2. The molecule has 0 aliphatic heterocycles. The summed E-state index contributed by atoms with van der Waals surface area (Å²) < 4.78 is 13.7. The number of H-pyrrole nitrogens is 1. The number of aromatic nitrogens is 2. The van der Waals surface area contributed by atoms with Crippen LogP contribution in [-0.4, -0.2) is 10.2 Å². The van der Waals surface area contributed by atoms with E-state index in [0.717, 1.165) is 0 Å². The molecule has 0 spiro atoms. The van der Waals surface area contributed by atoms with Gasteiger partial charge < -0.3 is 0 Å². The number of fused-ring (bicyclic) bond motifs is 1. The Morgan fingerprint density at radius 2 is 2.31 bits per heavy atom. The molecule has 0 atom stereocenters. The second-order valence-corrected chi connectivity index (χ2v) is 3.26. The van der Waals surface area contributed by atoms with Gasteiger partial charge in [0.25, 0.3) is 0 Å². The van der Waals surface area contributed by atoms with Gasteiger partial charge in [-0.05, 0) is 28.1 Å². The van der Waals surface area contributed by atoms with Gasteiger partial charge in [-0.25, -0.2) is 4.39 Å². The van der Waals surface area contributed by atoms with E-state index in [1.165, 1.54) is 6.07 Å². The quantitative estimate of drug-likeness (QED) is 0.768. The molecule has 0 radical (unpaired) electrons. The van der Waals surface area contributed by atoms with Crippen LogP contribution in [0, 0.1) is 17.1 Å². The van der Waals surface area contributed by atoms with Gasteiger partial charge in [0, 0.05) is 5.39 Å². The SMILES string of the molecule is N#Cc1cc(F)c2[nH]nc(Br)c2c1. The van der Waals surface area contributed by atoms with Crippen LogP contribution in [0.1, 0.15) is 5.56 Å². The predicted molar refractivity (Wildman–Crippen MR) is 48.5 cm³/mol. The highest BCUT2D eigenvalue weighted by Gasteiger charge is 2.08. The maximum Gasteiger partial charge on any atom is 0.150 e. The third kappa shape index (κ3) is 1.19. The van der Waals surface area contributed by atoms with Crippen LogP contribution in [0.3, 0.4) is 0 Å². The standard InChI is InChI=1S/C8H3BrFN3/c9-8-5-1-4(3-11)2-6(10)7(5)12-13-8/h1-2H,(H,12,13). The van der Waals surface area contributed by atoms with E-state index in [1.807, 2.05) is 6.07 Å². The molecule has 0 fully saturated rings. The minimum absolute atomic E-state index is 0.284. The molecule has 1 aromatic carbocycles. The largest absolute Gasteiger partial charge is 0.274 e. The topological polar surface area (TPSA) is 52.5 Å². The Bertz CT molecular complexity index is 512. The number of hydrogen-bond donors (Lipinski definition) is 1. The van der Waals surface area contributed by atoms with E-state index in [4.69, 9.17) is 5.26 Å². The number of halogens is 2.